The number of benzene rings is 3. The van der Waals surface area contributed by atoms with Crippen LogP contribution in [0.2, 0.25) is 0 Å². The number of nitrogens with zero attached hydrogens (tertiary/aromatic N) is 1. The molecule has 1 aliphatic rings. The van der Waals surface area contributed by atoms with Gasteiger partial charge in [-0.2, -0.15) is 0 Å². The number of anilines is 1. The Labute approximate surface area is 206 Å². The quantitative estimate of drug-likeness (QED) is 0.324. The number of hydrogen-bond donors (Lipinski definition) is 1. The fourth-order valence-corrected chi connectivity index (χ4v) is 4.57. The van der Waals surface area contributed by atoms with Crippen molar-refractivity contribution >= 4 is 52.3 Å². The number of nitrogens with one attached hydrogen (secondary N) is 1. The van der Waals surface area contributed by atoms with Crippen LogP contribution >= 0.6 is 23.5 Å². The van der Waals surface area contributed by atoms with Gasteiger partial charge < -0.3 is 10.1 Å². The van der Waals surface area contributed by atoms with Crippen LogP contribution in [0.4, 0.5) is 10.5 Å². The molecular weight excluding hydrogens is 468 g/mol. The van der Waals surface area contributed by atoms with E-state index < -0.39 is 17.1 Å². The Bertz CT molecular complexity index is 1240. The molecule has 1 fully saturated rings. The van der Waals surface area contributed by atoms with Crippen LogP contribution in [-0.4, -0.2) is 34.8 Å². The maximum atomic E-state index is 12.8. The molecule has 3 aromatic carbocycles. The number of ether oxygens (including phenoxy) is 1. The third-order valence-electron chi connectivity index (χ3n) is 4.93. The summed E-state index contributed by atoms with van der Waals surface area (Å²) >= 11 is 2.38. The average molecular weight is 491 g/mol. The highest BCUT2D eigenvalue weighted by atomic mass is 32.2. The van der Waals surface area contributed by atoms with E-state index in [2.05, 4.69) is 5.32 Å². The molecule has 0 spiro atoms. The van der Waals surface area contributed by atoms with Crippen LogP contribution in [0.3, 0.4) is 0 Å². The van der Waals surface area contributed by atoms with E-state index in [1.54, 1.807) is 23.9 Å². The van der Waals surface area contributed by atoms with Gasteiger partial charge in [0.05, 0.1) is 4.91 Å². The third kappa shape index (κ3) is 6.09. The smallest absolute Gasteiger partial charge is 0.294 e. The van der Waals surface area contributed by atoms with Gasteiger partial charge in [0.1, 0.15) is 18.9 Å². The lowest BCUT2D eigenvalue weighted by molar-refractivity contribution is -0.127. The molecule has 6 nitrogen and oxygen atoms in total. The Balaban J connectivity index is 1.39. The zero-order valence-corrected chi connectivity index (χ0v) is 20.0. The minimum atomic E-state index is -0.487. The van der Waals surface area contributed by atoms with Crippen molar-refractivity contribution in [3.8, 4) is 5.75 Å². The van der Waals surface area contributed by atoms with Crippen LogP contribution in [0.15, 0.2) is 88.7 Å². The topological polar surface area (TPSA) is 75.7 Å². The first-order chi connectivity index (χ1) is 16.5. The summed E-state index contributed by atoms with van der Waals surface area (Å²) in [6, 6.07) is 24.5. The first-order valence-electron chi connectivity index (χ1n) is 10.5. The predicted octanol–water partition coefficient (Wildman–Crippen LogP) is 5.66. The summed E-state index contributed by atoms with van der Waals surface area (Å²) in [4.78, 5) is 39.9. The van der Waals surface area contributed by atoms with Gasteiger partial charge in [-0.25, -0.2) is 0 Å². The maximum Gasteiger partial charge on any atom is 0.294 e. The van der Waals surface area contributed by atoms with Crippen LogP contribution in [0.1, 0.15) is 11.1 Å². The van der Waals surface area contributed by atoms with Gasteiger partial charge in [-0.3, -0.25) is 19.3 Å². The maximum absolute atomic E-state index is 12.8. The lowest BCUT2D eigenvalue weighted by Gasteiger charge is -2.12. The van der Waals surface area contributed by atoms with Gasteiger partial charge in [-0.05, 0) is 65.6 Å². The summed E-state index contributed by atoms with van der Waals surface area (Å²) in [5.41, 5.74) is 2.40. The van der Waals surface area contributed by atoms with Gasteiger partial charge >= 0.3 is 0 Å². The second-order valence-electron chi connectivity index (χ2n) is 7.39. The SMILES string of the molecule is CSc1cccc(NC(=O)CN2C(=O)S/C(=C/c3cccc(OCc4ccccc4)c3)C2=O)c1. The van der Waals surface area contributed by atoms with Crippen molar-refractivity contribution in [1.29, 1.82) is 0 Å². The second-order valence-corrected chi connectivity index (χ2v) is 9.27. The van der Waals surface area contributed by atoms with Crippen LogP contribution in [0.5, 0.6) is 5.75 Å². The van der Waals surface area contributed by atoms with E-state index in [1.165, 1.54) is 0 Å². The predicted molar refractivity (Wildman–Crippen MR) is 137 cm³/mol. The van der Waals surface area contributed by atoms with Crippen LogP contribution in [-0.2, 0) is 16.2 Å². The van der Waals surface area contributed by atoms with E-state index in [1.807, 2.05) is 79.1 Å². The van der Waals surface area contributed by atoms with E-state index >= 15 is 0 Å². The van der Waals surface area contributed by atoms with E-state index in [9.17, 15) is 14.4 Å². The molecular formula is C26H22N2O4S2. The normalized spacial score (nSPS) is 14.5. The second kappa shape index (κ2) is 11.1. The monoisotopic (exact) mass is 490 g/mol. The largest absolute Gasteiger partial charge is 0.489 e. The molecule has 1 N–H and O–H groups in total. The number of rotatable bonds is 8. The number of amides is 3. The minimum Gasteiger partial charge on any atom is -0.489 e. The molecule has 0 saturated carbocycles. The van der Waals surface area contributed by atoms with E-state index in [0.717, 1.165) is 32.7 Å². The summed E-state index contributed by atoms with van der Waals surface area (Å²) in [5.74, 6) is -0.264. The lowest BCUT2D eigenvalue weighted by Crippen LogP contribution is -2.36. The molecule has 8 heteroatoms. The van der Waals surface area contributed by atoms with E-state index in [0.29, 0.717) is 18.0 Å². The molecule has 1 aliphatic heterocycles. The standard InChI is InChI=1S/C26H22N2O4S2/c1-33-22-12-6-10-20(15-22)27-24(29)16-28-25(30)23(34-26(28)31)14-19-9-5-11-21(13-19)32-17-18-7-3-2-4-8-18/h2-15H,16-17H2,1H3,(H,27,29)/b23-14+. The van der Waals surface area contributed by atoms with Gasteiger partial charge in [-0.1, -0.05) is 48.5 Å². The summed E-state index contributed by atoms with van der Waals surface area (Å²) in [6.45, 7) is 0.0848. The average Bonchev–Trinajstić information content (AvgIpc) is 3.11. The van der Waals surface area contributed by atoms with Crippen molar-refractivity contribution < 1.29 is 19.1 Å². The molecule has 4 rings (SSSR count). The summed E-state index contributed by atoms with van der Waals surface area (Å²) in [5, 5.41) is 2.27. The number of imide groups is 1. The highest BCUT2D eigenvalue weighted by Gasteiger charge is 2.36. The Morgan fingerprint density at radius 2 is 1.82 bits per heavy atom. The summed E-state index contributed by atoms with van der Waals surface area (Å²) in [7, 11) is 0. The number of hydrogen-bond acceptors (Lipinski definition) is 6. The van der Waals surface area contributed by atoms with E-state index in [-0.39, 0.29) is 11.4 Å². The molecule has 3 aromatic rings. The van der Waals surface area contributed by atoms with Crippen molar-refractivity contribution in [1.82, 2.24) is 4.90 Å². The van der Waals surface area contributed by atoms with Crippen LogP contribution < -0.4 is 10.1 Å². The number of carbonyl (C=O) groups excluding carboxylic acids is 3. The summed E-state index contributed by atoms with van der Waals surface area (Å²) in [6.07, 6.45) is 3.58. The molecule has 3 amide bonds. The Morgan fingerprint density at radius 1 is 1.03 bits per heavy atom. The van der Waals surface area contributed by atoms with Gasteiger partial charge in [0, 0.05) is 10.6 Å². The molecule has 1 saturated heterocycles. The Hall–Kier alpha value is -3.49. The van der Waals surface area contributed by atoms with Crippen LogP contribution in [0, 0.1) is 0 Å². The van der Waals surface area contributed by atoms with Gasteiger partial charge in [-0.15, -0.1) is 11.8 Å². The van der Waals surface area contributed by atoms with Crippen molar-refractivity contribution in [3.63, 3.8) is 0 Å². The first kappa shape index (κ1) is 23.7. The molecule has 34 heavy (non-hydrogen) atoms. The zero-order valence-electron chi connectivity index (χ0n) is 18.4. The van der Waals surface area contributed by atoms with Gasteiger partial charge in [0.2, 0.25) is 5.91 Å². The van der Waals surface area contributed by atoms with Crippen molar-refractivity contribution in [2.45, 2.75) is 11.5 Å². The third-order valence-corrected chi connectivity index (χ3v) is 6.57. The van der Waals surface area contributed by atoms with E-state index in [4.69, 9.17) is 4.74 Å². The first-order valence-corrected chi connectivity index (χ1v) is 12.5. The van der Waals surface area contributed by atoms with Gasteiger partial charge in [0.25, 0.3) is 11.1 Å². The highest BCUT2D eigenvalue weighted by Crippen LogP contribution is 2.32. The molecule has 0 bridgehead atoms. The Morgan fingerprint density at radius 3 is 2.62 bits per heavy atom. The van der Waals surface area contributed by atoms with Crippen molar-refractivity contribution in [3.05, 3.63) is 94.9 Å². The van der Waals surface area contributed by atoms with Gasteiger partial charge in [0.15, 0.2) is 0 Å². The highest BCUT2D eigenvalue weighted by molar-refractivity contribution is 8.18. The molecule has 0 unspecified atom stereocenters. The van der Waals surface area contributed by atoms with Crippen LogP contribution in [0.25, 0.3) is 6.08 Å². The molecule has 172 valence electrons. The fraction of sp³-hybridized carbons (Fsp3) is 0.115. The number of thioether (sulfide) groups is 2. The molecule has 0 aromatic heterocycles. The summed E-state index contributed by atoms with van der Waals surface area (Å²) < 4.78 is 5.84. The molecule has 1 heterocycles. The molecule has 0 aliphatic carbocycles. The Kier molecular flexibility index (Phi) is 7.72. The minimum absolute atomic E-state index is 0.266. The lowest BCUT2D eigenvalue weighted by atomic mass is 10.2. The fourth-order valence-electron chi connectivity index (χ4n) is 3.27. The van der Waals surface area contributed by atoms with Crippen molar-refractivity contribution in [2.24, 2.45) is 0 Å². The molecule has 0 radical (unpaired) electrons. The zero-order chi connectivity index (χ0) is 23.9. The number of carbonyl (C=O) groups is 3. The molecule has 0 atom stereocenters. The van der Waals surface area contributed by atoms with Crippen molar-refractivity contribution in [2.75, 3.05) is 18.1 Å².